The highest BCUT2D eigenvalue weighted by Gasteiger charge is 2.30. The van der Waals surface area contributed by atoms with Gasteiger partial charge < -0.3 is 14.8 Å². The van der Waals surface area contributed by atoms with Gasteiger partial charge in [0.2, 0.25) is 10.0 Å². The third kappa shape index (κ3) is 5.02. The molecule has 2 aromatic carbocycles. The van der Waals surface area contributed by atoms with Crippen LogP contribution in [0.25, 0.3) is 0 Å². The Labute approximate surface area is 179 Å². The van der Waals surface area contributed by atoms with Crippen LogP contribution in [0.15, 0.2) is 41.3 Å². The number of benzene rings is 2. The Morgan fingerprint density at radius 1 is 1.17 bits per heavy atom. The van der Waals surface area contributed by atoms with Gasteiger partial charge in [-0.1, -0.05) is 29.3 Å². The molecule has 1 fully saturated rings. The van der Waals surface area contributed by atoms with Crippen molar-refractivity contribution in [3.63, 3.8) is 0 Å². The lowest BCUT2D eigenvalue weighted by Gasteiger charge is -2.26. The molecule has 156 valence electrons. The maximum Gasteiger partial charge on any atom is 0.251 e. The molecule has 1 aliphatic rings. The monoisotopic (exact) mass is 458 g/mol. The van der Waals surface area contributed by atoms with Crippen LogP contribution in [0.1, 0.15) is 15.9 Å². The Hall–Kier alpha value is -1.84. The smallest absolute Gasteiger partial charge is 0.251 e. The van der Waals surface area contributed by atoms with Crippen molar-refractivity contribution in [2.45, 2.75) is 11.4 Å². The molecule has 0 spiro atoms. The van der Waals surface area contributed by atoms with Crippen molar-refractivity contribution < 1.29 is 22.7 Å². The molecule has 0 aliphatic carbocycles. The van der Waals surface area contributed by atoms with Gasteiger partial charge >= 0.3 is 0 Å². The van der Waals surface area contributed by atoms with E-state index in [0.717, 1.165) is 0 Å². The SMILES string of the molecule is COc1ccc(C(=O)NCc2ccc(Cl)cc2Cl)cc1S(=O)(=O)N1CCOCC1. The summed E-state index contributed by atoms with van der Waals surface area (Å²) in [4.78, 5) is 12.5. The summed E-state index contributed by atoms with van der Waals surface area (Å²) < 4.78 is 37.8. The lowest BCUT2D eigenvalue weighted by atomic mass is 10.2. The maximum absolute atomic E-state index is 13.0. The average molecular weight is 459 g/mol. The van der Waals surface area contributed by atoms with E-state index in [0.29, 0.717) is 28.8 Å². The summed E-state index contributed by atoms with van der Waals surface area (Å²) in [5.41, 5.74) is 0.891. The first-order chi connectivity index (χ1) is 13.8. The zero-order valence-electron chi connectivity index (χ0n) is 15.7. The van der Waals surface area contributed by atoms with E-state index >= 15 is 0 Å². The number of morpholine rings is 1. The molecule has 1 saturated heterocycles. The van der Waals surface area contributed by atoms with Crippen LogP contribution in [0, 0.1) is 0 Å². The standard InChI is InChI=1S/C19H20Cl2N2O5S/c1-27-17-5-3-13(10-18(17)29(25,26)23-6-8-28-9-7-23)19(24)22-12-14-2-4-15(20)11-16(14)21/h2-5,10-11H,6-9,12H2,1H3,(H,22,24). The average Bonchev–Trinajstić information content (AvgIpc) is 2.73. The predicted octanol–water partition coefficient (Wildman–Crippen LogP) is 2.95. The van der Waals surface area contributed by atoms with Gasteiger partial charge in [0.25, 0.3) is 5.91 Å². The fourth-order valence-electron chi connectivity index (χ4n) is 2.89. The summed E-state index contributed by atoms with van der Waals surface area (Å²) in [5, 5.41) is 3.67. The highest BCUT2D eigenvalue weighted by molar-refractivity contribution is 7.89. The number of rotatable bonds is 6. The number of ether oxygens (including phenoxy) is 2. The third-order valence-corrected chi connectivity index (χ3v) is 6.97. The van der Waals surface area contributed by atoms with Crippen LogP contribution in [0.5, 0.6) is 5.75 Å². The van der Waals surface area contributed by atoms with Gasteiger partial charge in [-0.25, -0.2) is 8.42 Å². The second-order valence-corrected chi connectivity index (χ2v) is 9.05. The normalized spacial score (nSPS) is 15.1. The molecule has 2 aromatic rings. The van der Waals surface area contributed by atoms with Crippen LogP contribution in [0.3, 0.4) is 0 Å². The molecular formula is C19H20Cl2N2O5S. The molecule has 1 N–H and O–H groups in total. The minimum Gasteiger partial charge on any atom is -0.495 e. The first-order valence-electron chi connectivity index (χ1n) is 8.81. The molecule has 0 saturated carbocycles. The number of carbonyl (C=O) groups is 1. The molecule has 0 bridgehead atoms. The van der Waals surface area contributed by atoms with Crippen molar-refractivity contribution in [1.29, 1.82) is 0 Å². The highest BCUT2D eigenvalue weighted by atomic mass is 35.5. The number of amides is 1. The topological polar surface area (TPSA) is 84.9 Å². The van der Waals surface area contributed by atoms with E-state index in [1.165, 1.54) is 29.6 Å². The summed E-state index contributed by atoms with van der Waals surface area (Å²) in [7, 11) is -2.44. The van der Waals surface area contributed by atoms with Gasteiger partial charge in [0.05, 0.1) is 20.3 Å². The van der Waals surface area contributed by atoms with Crippen molar-refractivity contribution >= 4 is 39.1 Å². The van der Waals surface area contributed by atoms with Gasteiger partial charge in [-0.05, 0) is 35.9 Å². The second kappa shape index (κ2) is 9.32. The van der Waals surface area contributed by atoms with Crippen molar-refractivity contribution in [2.75, 3.05) is 33.4 Å². The Balaban J connectivity index is 1.82. The number of halogens is 2. The molecule has 29 heavy (non-hydrogen) atoms. The summed E-state index contributed by atoms with van der Waals surface area (Å²) >= 11 is 12.0. The molecule has 0 radical (unpaired) electrons. The van der Waals surface area contributed by atoms with Crippen molar-refractivity contribution in [3.8, 4) is 5.75 Å². The van der Waals surface area contributed by atoms with Crippen LogP contribution in [0.4, 0.5) is 0 Å². The van der Waals surface area contributed by atoms with E-state index in [2.05, 4.69) is 5.32 Å². The Kier molecular flexibility index (Phi) is 7.02. The molecule has 1 aliphatic heterocycles. The fraction of sp³-hybridized carbons (Fsp3) is 0.316. The first kappa shape index (κ1) is 21.9. The number of nitrogens with zero attached hydrogens (tertiary/aromatic N) is 1. The van der Waals surface area contributed by atoms with Crippen LogP contribution in [-0.2, 0) is 21.3 Å². The van der Waals surface area contributed by atoms with Crippen molar-refractivity contribution in [3.05, 3.63) is 57.6 Å². The summed E-state index contributed by atoms with van der Waals surface area (Å²) in [6, 6.07) is 9.28. The number of carbonyl (C=O) groups excluding carboxylic acids is 1. The summed E-state index contributed by atoms with van der Waals surface area (Å²) in [6.07, 6.45) is 0. The zero-order valence-corrected chi connectivity index (χ0v) is 18.0. The molecule has 1 heterocycles. The van der Waals surface area contributed by atoms with E-state index in [-0.39, 0.29) is 35.8 Å². The van der Waals surface area contributed by atoms with Gasteiger partial charge in [-0.3, -0.25) is 4.79 Å². The number of sulfonamides is 1. The summed E-state index contributed by atoms with van der Waals surface area (Å²) in [5.74, 6) is -0.258. The van der Waals surface area contributed by atoms with Gasteiger partial charge in [0.15, 0.2) is 0 Å². The van der Waals surface area contributed by atoms with Gasteiger partial charge in [-0.15, -0.1) is 0 Å². The molecule has 0 unspecified atom stereocenters. The second-order valence-electron chi connectivity index (χ2n) is 6.30. The first-order valence-corrected chi connectivity index (χ1v) is 11.0. The quantitative estimate of drug-likeness (QED) is 0.718. The largest absolute Gasteiger partial charge is 0.495 e. The van der Waals surface area contributed by atoms with Gasteiger partial charge in [0.1, 0.15) is 10.6 Å². The lowest BCUT2D eigenvalue weighted by Crippen LogP contribution is -2.40. The van der Waals surface area contributed by atoms with Crippen LogP contribution in [-0.4, -0.2) is 52.0 Å². The number of methoxy groups -OCH3 is 1. The number of nitrogens with one attached hydrogen (secondary N) is 1. The zero-order chi connectivity index (χ0) is 21.0. The van der Waals surface area contributed by atoms with E-state index in [1.807, 2.05) is 0 Å². The molecule has 7 nitrogen and oxygen atoms in total. The van der Waals surface area contributed by atoms with Crippen molar-refractivity contribution in [1.82, 2.24) is 9.62 Å². The predicted molar refractivity (Wildman–Crippen MR) is 110 cm³/mol. The summed E-state index contributed by atoms with van der Waals surface area (Å²) in [6.45, 7) is 1.31. The van der Waals surface area contributed by atoms with Crippen LogP contribution < -0.4 is 10.1 Å². The van der Waals surface area contributed by atoms with Gasteiger partial charge in [0, 0.05) is 35.2 Å². The maximum atomic E-state index is 13.0. The molecular weight excluding hydrogens is 439 g/mol. The Morgan fingerprint density at radius 2 is 1.90 bits per heavy atom. The lowest BCUT2D eigenvalue weighted by molar-refractivity contribution is 0.0729. The fourth-order valence-corrected chi connectivity index (χ4v) is 4.95. The van der Waals surface area contributed by atoms with E-state index < -0.39 is 15.9 Å². The van der Waals surface area contributed by atoms with Crippen molar-refractivity contribution in [2.24, 2.45) is 0 Å². The van der Waals surface area contributed by atoms with E-state index in [1.54, 1.807) is 18.2 Å². The number of hydrogen-bond donors (Lipinski definition) is 1. The van der Waals surface area contributed by atoms with Crippen LogP contribution in [0.2, 0.25) is 10.0 Å². The molecule has 3 rings (SSSR count). The minimum absolute atomic E-state index is 0.0564. The molecule has 0 aromatic heterocycles. The highest BCUT2D eigenvalue weighted by Crippen LogP contribution is 2.28. The van der Waals surface area contributed by atoms with Crippen LogP contribution >= 0.6 is 23.2 Å². The molecule has 10 heteroatoms. The van der Waals surface area contributed by atoms with Gasteiger partial charge in [-0.2, -0.15) is 4.31 Å². The Bertz CT molecular complexity index is 1010. The number of hydrogen-bond acceptors (Lipinski definition) is 5. The minimum atomic E-state index is -3.83. The Morgan fingerprint density at radius 3 is 2.55 bits per heavy atom. The molecule has 1 amide bonds. The van der Waals surface area contributed by atoms with E-state index in [9.17, 15) is 13.2 Å². The van der Waals surface area contributed by atoms with E-state index in [4.69, 9.17) is 32.7 Å². The molecule has 0 atom stereocenters. The third-order valence-electron chi connectivity index (χ3n) is 4.47.